The third kappa shape index (κ3) is 1.33. The first-order valence-corrected chi connectivity index (χ1v) is 4.69. The number of hydrogen-bond donors (Lipinski definition) is 1. The van der Waals surface area contributed by atoms with E-state index in [2.05, 4.69) is 17.1 Å². The fourth-order valence-corrected chi connectivity index (χ4v) is 2.49. The number of rotatable bonds is 0. The zero-order chi connectivity index (χ0) is 8.55. The molecule has 68 valence electrons. The minimum absolute atomic E-state index is 0.634. The van der Waals surface area contributed by atoms with Gasteiger partial charge in [-0.05, 0) is 32.2 Å². The minimum Gasteiger partial charge on any atom is -0.411 e. The van der Waals surface area contributed by atoms with Gasteiger partial charge in [-0.15, -0.1) is 0 Å². The van der Waals surface area contributed by atoms with E-state index in [1.165, 1.54) is 19.4 Å². The largest absolute Gasteiger partial charge is 0.411 e. The summed E-state index contributed by atoms with van der Waals surface area (Å²) in [4.78, 5) is 2.41. The van der Waals surface area contributed by atoms with E-state index in [9.17, 15) is 0 Å². The molecule has 0 unspecified atom stereocenters. The zero-order valence-electron chi connectivity index (χ0n) is 7.53. The fourth-order valence-electron chi connectivity index (χ4n) is 2.49. The summed E-state index contributed by atoms with van der Waals surface area (Å²) in [5, 5.41) is 12.1. The van der Waals surface area contributed by atoms with E-state index in [1.807, 2.05) is 0 Å². The van der Waals surface area contributed by atoms with Gasteiger partial charge in [-0.2, -0.15) is 0 Å². The van der Waals surface area contributed by atoms with Crippen molar-refractivity contribution in [3.05, 3.63) is 0 Å². The molecule has 0 radical (unpaired) electrons. The summed E-state index contributed by atoms with van der Waals surface area (Å²) < 4.78 is 0. The Morgan fingerprint density at radius 3 is 2.92 bits per heavy atom. The Bertz CT molecular complexity index is 203. The van der Waals surface area contributed by atoms with Crippen LogP contribution in [0.1, 0.15) is 25.7 Å². The smallest absolute Gasteiger partial charge is 0.0589 e. The average molecular weight is 168 g/mol. The first kappa shape index (κ1) is 8.05. The van der Waals surface area contributed by atoms with Crippen molar-refractivity contribution in [3.8, 4) is 0 Å². The quantitative estimate of drug-likeness (QED) is 0.437. The van der Waals surface area contributed by atoms with Crippen LogP contribution in [0.2, 0.25) is 0 Å². The van der Waals surface area contributed by atoms with Crippen molar-refractivity contribution >= 4 is 5.71 Å². The van der Waals surface area contributed by atoms with Crippen molar-refractivity contribution < 1.29 is 5.21 Å². The molecular formula is C9H16N2O. The predicted molar refractivity (Wildman–Crippen MR) is 47.6 cm³/mol. The summed E-state index contributed by atoms with van der Waals surface area (Å²) in [5.41, 5.74) is 1.01. The van der Waals surface area contributed by atoms with Crippen molar-refractivity contribution in [2.75, 3.05) is 13.6 Å². The number of hydrogen-bond acceptors (Lipinski definition) is 3. The van der Waals surface area contributed by atoms with E-state index in [1.54, 1.807) is 0 Å². The molecule has 1 N–H and O–H groups in total. The van der Waals surface area contributed by atoms with E-state index in [0.717, 1.165) is 24.5 Å². The van der Waals surface area contributed by atoms with Crippen LogP contribution in [0.25, 0.3) is 0 Å². The molecule has 0 aromatic heterocycles. The van der Waals surface area contributed by atoms with Gasteiger partial charge in [-0.25, -0.2) is 0 Å². The highest BCUT2D eigenvalue weighted by molar-refractivity contribution is 5.85. The molecule has 1 saturated carbocycles. The minimum atomic E-state index is 0.634. The Morgan fingerprint density at radius 2 is 2.25 bits per heavy atom. The molecule has 1 aliphatic carbocycles. The lowest BCUT2D eigenvalue weighted by Gasteiger charge is -2.32. The predicted octanol–water partition coefficient (Wildman–Crippen LogP) is 1.32. The summed E-state index contributed by atoms with van der Waals surface area (Å²) >= 11 is 0. The number of nitrogens with zero attached hydrogens (tertiary/aromatic N) is 2. The molecule has 0 spiro atoms. The van der Waals surface area contributed by atoms with E-state index in [0.29, 0.717) is 6.04 Å². The van der Waals surface area contributed by atoms with Crippen LogP contribution in [0.4, 0.5) is 0 Å². The lowest BCUT2D eigenvalue weighted by molar-refractivity contribution is 0.158. The second kappa shape index (κ2) is 3.05. The highest BCUT2D eigenvalue weighted by Gasteiger charge is 2.31. The second-order valence-electron chi connectivity index (χ2n) is 4.11. The lowest BCUT2D eigenvalue weighted by atomic mass is 9.95. The molecule has 2 bridgehead atoms. The number of fused-ring (bicyclic) bond motifs is 4. The molecule has 0 aromatic rings. The van der Waals surface area contributed by atoms with Gasteiger partial charge < -0.3 is 10.1 Å². The number of piperidine rings is 1. The van der Waals surface area contributed by atoms with Crippen LogP contribution in [-0.2, 0) is 0 Å². The summed E-state index contributed by atoms with van der Waals surface area (Å²) in [6, 6.07) is 0.634. The first-order chi connectivity index (χ1) is 5.79. The highest BCUT2D eigenvalue weighted by atomic mass is 16.4. The van der Waals surface area contributed by atoms with Crippen LogP contribution in [0.5, 0.6) is 0 Å². The normalized spacial score (nSPS) is 40.2. The highest BCUT2D eigenvalue weighted by Crippen LogP contribution is 2.30. The van der Waals surface area contributed by atoms with Crippen LogP contribution in [-0.4, -0.2) is 35.5 Å². The van der Waals surface area contributed by atoms with Crippen LogP contribution in [0, 0.1) is 5.92 Å². The van der Waals surface area contributed by atoms with Crippen LogP contribution in [0.3, 0.4) is 0 Å². The number of oxime groups is 1. The molecule has 12 heavy (non-hydrogen) atoms. The Labute approximate surface area is 73.1 Å². The molecule has 2 aliphatic heterocycles. The van der Waals surface area contributed by atoms with Crippen molar-refractivity contribution in [2.45, 2.75) is 31.7 Å². The molecule has 2 heterocycles. The molecule has 3 nitrogen and oxygen atoms in total. The van der Waals surface area contributed by atoms with E-state index >= 15 is 0 Å². The third-order valence-corrected chi connectivity index (χ3v) is 3.21. The summed E-state index contributed by atoms with van der Waals surface area (Å²) in [5.74, 6) is 0.736. The fraction of sp³-hybridized carbons (Fsp3) is 0.889. The van der Waals surface area contributed by atoms with Crippen LogP contribution >= 0.6 is 0 Å². The van der Waals surface area contributed by atoms with Crippen LogP contribution in [0.15, 0.2) is 5.16 Å². The van der Waals surface area contributed by atoms with Crippen molar-refractivity contribution in [1.82, 2.24) is 4.90 Å². The third-order valence-electron chi connectivity index (χ3n) is 3.21. The Hall–Kier alpha value is -0.570. The molecule has 3 heteroatoms. The lowest BCUT2D eigenvalue weighted by Crippen LogP contribution is -2.37. The molecule has 2 saturated heterocycles. The molecule has 0 amide bonds. The van der Waals surface area contributed by atoms with Gasteiger partial charge >= 0.3 is 0 Å². The average Bonchev–Trinajstić information content (AvgIpc) is 2.34. The van der Waals surface area contributed by atoms with Crippen molar-refractivity contribution in [2.24, 2.45) is 11.1 Å². The van der Waals surface area contributed by atoms with Gasteiger partial charge in [0.05, 0.1) is 5.71 Å². The maximum absolute atomic E-state index is 8.74. The monoisotopic (exact) mass is 168 g/mol. The second-order valence-corrected chi connectivity index (χ2v) is 4.11. The maximum atomic E-state index is 8.74. The van der Waals surface area contributed by atoms with Gasteiger partial charge in [0.1, 0.15) is 0 Å². The van der Waals surface area contributed by atoms with Crippen LogP contribution < -0.4 is 0 Å². The van der Waals surface area contributed by atoms with Crippen molar-refractivity contribution in [1.29, 1.82) is 0 Å². The van der Waals surface area contributed by atoms with Gasteiger partial charge in [0, 0.05) is 19.0 Å². The van der Waals surface area contributed by atoms with E-state index in [4.69, 9.17) is 5.21 Å². The molecule has 3 rings (SSSR count). The molecular weight excluding hydrogens is 152 g/mol. The van der Waals surface area contributed by atoms with Gasteiger partial charge in [0.25, 0.3) is 0 Å². The molecule has 0 aromatic carbocycles. The Morgan fingerprint density at radius 1 is 1.42 bits per heavy atom. The van der Waals surface area contributed by atoms with E-state index < -0.39 is 0 Å². The van der Waals surface area contributed by atoms with E-state index in [-0.39, 0.29) is 0 Å². The Kier molecular flexibility index (Phi) is 2.05. The van der Waals surface area contributed by atoms with Crippen molar-refractivity contribution in [3.63, 3.8) is 0 Å². The van der Waals surface area contributed by atoms with Gasteiger partial charge in [0.15, 0.2) is 0 Å². The summed E-state index contributed by atoms with van der Waals surface area (Å²) in [6.45, 7) is 1.18. The van der Waals surface area contributed by atoms with Gasteiger partial charge in [0.2, 0.25) is 0 Å². The molecule has 3 aliphatic rings. The summed E-state index contributed by atoms with van der Waals surface area (Å²) in [7, 11) is 2.18. The maximum Gasteiger partial charge on any atom is 0.0589 e. The topological polar surface area (TPSA) is 35.8 Å². The molecule has 3 fully saturated rings. The zero-order valence-corrected chi connectivity index (χ0v) is 7.53. The first-order valence-electron chi connectivity index (χ1n) is 4.69. The molecule has 2 atom stereocenters. The SMILES string of the molecule is CN1C[C@@H]2CC[C@@H]1C/C(=N\O)C2. The Balaban J connectivity index is 2.16. The summed E-state index contributed by atoms with van der Waals surface area (Å²) in [6.07, 6.45) is 4.58. The van der Waals surface area contributed by atoms with Gasteiger partial charge in [-0.1, -0.05) is 5.16 Å². The van der Waals surface area contributed by atoms with Gasteiger partial charge in [-0.3, -0.25) is 0 Å². The standard InChI is InChI=1S/C9H16N2O/c1-11-6-7-2-3-9(11)5-8(4-7)10-12/h7,9,12H,2-6H2,1H3/b10-8-/t7-,9-/m1/s1.